The van der Waals surface area contributed by atoms with Gasteiger partial charge in [-0.1, -0.05) is 12.8 Å². The number of aryl methyl sites for hydroxylation is 5. The molecule has 148 valence electrons. The van der Waals surface area contributed by atoms with Crippen LogP contribution in [0.15, 0.2) is 6.07 Å². The van der Waals surface area contributed by atoms with Gasteiger partial charge in [-0.3, -0.25) is 4.79 Å². The molecular formula is C21H27N5OS. The van der Waals surface area contributed by atoms with E-state index >= 15 is 0 Å². The molecule has 0 unspecified atom stereocenters. The van der Waals surface area contributed by atoms with Crippen LogP contribution in [0, 0.1) is 20.8 Å². The van der Waals surface area contributed by atoms with E-state index < -0.39 is 0 Å². The molecule has 0 aromatic carbocycles. The van der Waals surface area contributed by atoms with E-state index in [-0.39, 0.29) is 5.91 Å². The fraction of sp³-hybridized carbons (Fsp3) is 0.524. The lowest BCUT2D eigenvalue weighted by molar-refractivity contribution is -0.116. The molecule has 4 rings (SSSR count). The van der Waals surface area contributed by atoms with Crippen molar-refractivity contribution in [1.29, 1.82) is 0 Å². The van der Waals surface area contributed by atoms with Crippen LogP contribution in [0.4, 0.5) is 5.13 Å². The second-order valence-corrected chi connectivity index (χ2v) is 8.75. The number of aromatic nitrogens is 4. The Labute approximate surface area is 169 Å². The molecule has 1 N–H and O–H groups in total. The molecule has 1 aliphatic carbocycles. The molecule has 0 fully saturated rings. The van der Waals surface area contributed by atoms with E-state index in [2.05, 4.69) is 20.4 Å². The fourth-order valence-corrected chi connectivity index (χ4v) is 5.05. The van der Waals surface area contributed by atoms with Crippen LogP contribution < -0.4 is 5.32 Å². The van der Waals surface area contributed by atoms with E-state index in [0.717, 1.165) is 46.3 Å². The number of thiazole rings is 1. The summed E-state index contributed by atoms with van der Waals surface area (Å²) in [6.45, 7) is 6.01. The maximum Gasteiger partial charge on any atom is 0.226 e. The SMILES string of the molecule is Cc1cc2nc(C)c(CCC(=O)Nc3nc4c(s3)CCCCCC4)c(C)n2n1. The number of carbonyl (C=O) groups excluding carboxylic acids is 1. The second kappa shape index (κ2) is 7.99. The minimum atomic E-state index is 0.0114. The molecular weight excluding hydrogens is 370 g/mol. The Balaban J connectivity index is 1.44. The number of nitrogens with zero attached hydrogens (tertiary/aromatic N) is 4. The second-order valence-electron chi connectivity index (χ2n) is 7.67. The van der Waals surface area contributed by atoms with Gasteiger partial charge in [-0.05, 0) is 58.4 Å². The van der Waals surface area contributed by atoms with Crippen molar-refractivity contribution in [2.24, 2.45) is 0 Å². The zero-order valence-corrected chi connectivity index (χ0v) is 17.7. The van der Waals surface area contributed by atoms with Gasteiger partial charge >= 0.3 is 0 Å². The number of hydrogen-bond donors (Lipinski definition) is 1. The number of nitrogens with one attached hydrogen (secondary N) is 1. The highest BCUT2D eigenvalue weighted by molar-refractivity contribution is 7.15. The van der Waals surface area contributed by atoms with Gasteiger partial charge in [0.2, 0.25) is 5.91 Å². The number of hydrogen-bond acceptors (Lipinski definition) is 5. The predicted octanol–water partition coefficient (Wildman–Crippen LogP) is 4.34. The molecule has 0 saturated carbocycles. The molecule has 7 heteroatoms. The van der Waals surface area contributed by atoms with E-state index in [0.29, 0.717) is 12.8 Å². The van der Waals surface area contributed by atoms with Crippen molar-refractivity contribution in [3.05, 3.63) is 39.3 Å². The van der Waals surface area contributed by atoms with E-state index in [4.69, 9.17) is 0 Å². The van der Waals surface area contributed by atoms with E-state index in [9.17, 15) is 4.79 Å². The fourth-order valence-electron chi connectivity index (χ4n) is 3.98. The maximum absolute atomic E-state index is 12.5. The van der Waals surface area contributed by atoms with Crippen molar-refractivity contribution in [1.82, 2.24) is 19.6 Å². The Morgan fingerprint density at radius 3 is 2.75 bits per heavy atom. The smallest absolute Gasteiger partial charge is 0.226 e. The van der Waals surface area contributed by atoms with Crippen LogP contribution in [0.1, 0.15) is 65.3 Å². The van der Waals surface area contributed by atoms with Gasteiger partial charge in [-0.25, -0.2) is 14.5 Å². The van der Waals surface area contributed by atoms with Crippen LogP contribution in [0.5, 0.6) is 0 Å². The lowest BCUT2D eigenvalue weighted by Gasteiger charge is -2.10. The number of carbonyl (C=O) groups is 1. The molecule has 0 aliphatic heterocycles. The summed E-state index contributed by atoms with van der Waals surface area (Å²) in [6.07, 6.45) is 8.20. The van der Waals surface area contributed by atoms with Crippen molar-refractivity contribution in [3.8, 4) is 0 Å². The first-order valence-electron chi connectivity index (χ1n) is 10.1. The Kier molecular flexibility index (Phi) is 5.44. The monoisotopic (exact) mass is 397 g/mol. The number of anilines is 1. The molecule has 28 heavy (non-hydrogen) atoms. The zero-order valence-electron chi connectivity index (χ0n) is 16.8. The quantitative estimate of drug-likeness (QED) is 0.711. The summed E-state index contributed by atoms with van der Waals surface area (Å²) in [5.41, 5.74) is 6.12. The standard InChI is InChI=1S/C21H27N5OS/c1-13-12-19-22-14(2)16(15(3)26(19)25-13)10-11-20(27)24-21-23-17-8-6-4-5-7-9-18(17)28-21/h12H,4-11H2,1-3H3,(H,23,24,27). The molecule has 1 aliphatic rings. The molecule has 0 atom stereocenters. The van der Waals surface area contributed by atoms with Crippen LogP contribution in [0.2, 0.25) is 0 Å². The summed E-state index contributed by atoms with van der Waals surface area (Å²) in [5.74, 6) is 0.0114. The van der Waals surface area contributed by atoms with Crippen LogP contribution in [0.3, 0.4) is 0 Å². The molecule has 3 aromatic heterocycles. The third-order valence-corrected chi connectivity index (χ3v) is 6.55. The van der Waals surface area contributed by atoms with Gasteiger partial charge in [-0.2, -0.15) is 5.10 Å². The van der Waals surface area contributed by atoms with Gasteiger partial charge in [0, 0.05) is 28.8 Å². The lowest BCUT2D eigenvalue weighted by atomic mass is 10.0. The molecule has 0 radical (unpaired) electrons. The van der Waals surface area contributed by atoms with Crippen molar-refractivity contribution >= 4 is 28.0 Å². The Morgan fingerprint density at radius 1 is 1.14 bits per heavy atom. The normalized spacial score (nSPS) is 14.5. The van der Waals surface area contributed by atoms with Crippen LogP contribution >= 0.6 is 11.3 Å². The molecule has 1 amide bonds. The minimum absolute atomic E-state index is 0.0114. The van der Waals surface area contributed by atoms with Crippen molar-refractivity contribution in [2.45, 2.75) is 72.1 Å². The van der Waals surface area contributed by atoms with Gasteiger partial charge in [0.25, 0.3) is 0 Å². The molecule has 0 bridgehead atoms. The first-order valence-corrected chi connectivity index (χ1v) is 10.9. The summed E-state index contributed by atoms with van der Waals surface area (Å²) in [4.78, 5) is 23.2. The minimum Gasteiger partial charge on any atom is -0.302 e. The summed E-state index contributed by atoms with van der Waals surface area (Å²) < 4.78 is 1.87. The third-order valence-electron chi connectivity index (χ3n) is 5.48. The highest BCUT2D eigenvalue weighted by atomic mass is 32.1. The first kappa shape index (κ1) is 19.1. The number of amides is 1. The number of rotatable bonds is 4. The van der Waals surface area contributed by atoms with Crippen molar-refractivity contribution in [2.75, 3.05) is 5.32 Å². The van der Waals surface area contributed by atoms with Crippen LogP contribution in [-0.2, 0) is 24.1 Å². The van der Waals surface area contributed by atoms with Crippen molar-refractivity contribution in [3.63, 3.8) is 0 Å². The van der Waals surface area contributed by atoms with Gasteiger partial charge in [0.1, 0.15) is 0 Å². The molecule has 0 spiro atoms. The third kappa shape index (κ3) is 3.94. The largest absolute Gasteiger partial charge is 0.302 e. The topological polar surface area (TPSA) is 72.2 Å². The Morgan fingerprint density at radius 2 is 1.93 bits per heavy atom. The molecule has 3 heterocycles. The predicted molar refractivity (Wildman–Crippen MR) is 112 cm³/mol. The molecule has 6 nitrogen and oxygen atoms in total. The molecule has 3 aromatic rings. The summed E-state index contributed by atoms with van der Waals surface area (Å²) >= 11 is 1.65. The van der Waals surface area contributed by atoms with Gasteiger partial charge in [0.15, 0.2) is 10.8 Å². The first-order chi connectivity index (χ1) is 13.5. The van der Waals surface area contributed by atoms with Gasteiger partial charge in [-0.15, -0.1) is 11.3 Å². The highest BCUT2D eigenvalue weighted by Crippen LogP contribution is 2.28. The summed E-state index contributed by atoms with van der Waals surface area (Å²) in [6, 6.07) is 1.98. The maximum atomic E-state index is 12.5. The van der Waals surface area contributed by atoms with E-state index in [1.165, 1.54) is 36.3 Å². The van der Waals surface area contributed by atoms with Gasteiger partial charge in [0.05, 0.1) is 11.4 Å². The van der Waals surface area contributed by atoms with E-state index in [1.807, 2.05) is 31.4 Å². The number of fused-ring (bicyclic) bond motifs is 2. The highest BCUT2D eigenvalue weighted by Gasteiger charge is 2.16. The Bertz CT molecular complexity index is 994. The average molecular weight is 398 g/mol. The van der Waals surface area contributed by atoms with Crippen LogP contribution in [0.25, 0.3) is 5.65 Å². The van der Waals surface area contributed by atoms with E-state index in [1.54, 1.807) is 11.3 Å². The zero-order chi connectivity index (χ0) is 19.7. The average Bonchev–Trinajstić information content (AvgIpc) is 3.17. The van der Waals surface area contributed by atoms with Crippen molar-refractivity contribution < 1.29 is 4.79 Å². The summed E-state index contributed by atoms with van der Waals surface area (Å²) in [7, 11) is 0. The molecule has 0 saturated heterocycles. The lowest BCUT2D eigenvalue weighted by Crippen LogP contribution is -2.14. The van der Waals surface area contributed by atoms with Gasteiger partial charge < -0.3 is 5.32 Å². The van der Waals surface area contributed by atoms with Crippen LogP contribution in [-0.4, -0.2) is 25.5 Å². The Hall–Kier alpha value is -2.28. The summed E-state index contributed by atoms with van der Waals surface area (Å²) in [5, 5.41) is 8.27.